The van der Waals surface area contributed by atoms with E-state index < -0.39 is 12.3 Å². The first-order valence-corrected chi connectivity index (χ1v) is 1.88. The van der Waals surface area contributed by atoms with Crippen LogP contribution in [-0.2, 0) is 0 Å². The molecule has 0 fully saturated rings. The molecule has 1 atom stereocenters. The zero-order valence-electron chi connectivity index (χ0n) is 3.96. The van der Waals surface area contributed by atoms with Crippen molar-refractivity contribution in [3.8, 4) is 0 Å². The van der Waals surface area contributed by atoms with Gasteiger partial charge in [-0.1, -0.05) is 6.58 Å². The maximum atomic E-state index is 8.54. The number of aliphatic hydroxyl groups is 2. The Morgan fingerprint density at radius 1 is 1.86 bits per heavy atom. The molecule has 3 heteroatoms. The predicted molar refractivity (Wildman–Crippen MR) is 26.4 cm³/mol. The second-order valence-electron chi connectivity index (χ2n) is 1.35. The summed E-state index contributed by atoms with van der Waals surface area (Å²) in [4.78, 5) is 0. The van der Waals surface area contributed by atoms with Crippen molar-refractivity contribution in [1.29, 1.82) is 0 Å². The number of aliphatic hydroxyl groups excluding tert-OH is 1. The van der Waals surface area contributed by atoms with Gasteiger partial charge < -0.3 is 10.2 Å². The normalized spacial score (nSPS) is 18.1. The summed E-state index contributed by atoms with van der Waals surface area (Å²) in [6, 6.07) is 0. The van der Waals surface area contributed by atoms with E-state index >= 15 is 0 Å². The zero-order chi connectivity index (χ0) is 5.91. The van der Waals surface area contributed by atoms with E-state index in [0.29, 0.717) is 0 Å². The molecule has 0 aliphatic heterocycles. The minimum Gasteiger partial charge on any atom is -0.392 e. The van der Waals surface area contributed by atoms with Crippen LogP contribution in [0.5, 0.6) is 0 Å². The summed E-state index contributed by atoms with van der Waals surface area (Å²) >= 11 is 0. The molecule has 0 spiro atoms. The SMILES string of the molecule is C=CC(N)(O)CO. The van der Waals surface area contributed by atoms with Gasteiger partial charge in [-0.05, 0) is 6.08 Å². The monoisotopic (exact) mass is 103 g/mol. The molecule has 0 aliphatic carbocycles. The van der Waals surface area contributed by atoms with Crippen molar-refractivity contribution < 1.29 is 10.2 Å². The number of rotatable bonds is 2. The van der Waals surface area contributed by atoms with E-state index in [9.17, 15) is 0 Å². The highest BCUT2D eigenvalue weighted by Gasteiger charge is 2.11. The summed E-state index contributed by atoms with van der Waals surface area (Å²) < 4.78 is 0. The molecule has 0 bridgehead atoms. The molecule has 4 N–H and O–H groups in total. The number of nitrogens with two attached hydrogens (primary N) is 1. The third-order valence-electron chi connectivity index (χ3n) is 0.607. The first kappa shape index (κ1) is 6.62. The lowest BCUT2D eigenvalue weighted by Crippen LogP contribution is -2.40. The van der Waals surface area contributed by atoms with Crippen molar-refractivity contribution in [2.75, 3.05) is 6.61 Å². The van der Waals surface area contributed by atoms with Crippen molar-refractivity contribution in [3.05, 3.63) is 12.7 Å². The van der Waals surface area contributed by atoms with E-state index in [1.54, 1.807) is 0 Å². The Hall–Kier alpha value is -0.380. The number of hydrogen-bond donors (Lipinski definition) is 3. The van der Waals surface area contributed by atoms with Crippen LogP contribution >= 0.6 is 0 Å². The lowest BCUT2D eigenvalue weighted by molar-refractivity contribution is 0.0333. The molecule has 0 amide bonds. The summed E-state index contributed by atoms with van der Waals surface area (Å²) in [6.07, 6.45) is 1.08. The fourth-order valence-corrected chi connectivity index (χ4v) is 0.0645. The minimum absolute atomic E-state index is 0.490. The molecule has 3 nitrogen and oxygen atoms in total. The van der Waals surface area contributed by atoms with Gasteiger partial charge in [-0.3, -0.25) is 5.73 Å². The fourth-order valence-electron chi connectivity index (χ4n) is 0.0645. The van der Waals surface area contributed by atoms with E-state index in [1.807, 2.05) is 0 Å². The molecule has 1 unspecified atom stereocenters. The van der Waals surface area contributed by atoms with Crippen molar-refractivity contribution in [3.63, 3.8) is 0 Å². The highest BCUT2D eigenvalue weighted by molar-refractivity contribution is 4.89. The average Bonchev–Trinajstić information content (AvgIpc) is 1.68. The van der Waals surface area contributed by atoms with E-state index in [0.717, 1.165) is 6.08 Å². The molecule has 0 aromatic rings. The summed E-state index contributed by atoms with van der Waals surface area (Å²) in [7, 11) is 0. The highest BCUT2D eigenvalue weighted by atomic mass is 16.3. The van der Waals surface area contributed by atoms with Crippen LogP contribution in [0.25, 0.3) is 0 Å². The summed E-state index contributed by atoms with van der Waals surface area (Å²) in [5, 5.41) is 16.7. The fraction of sp³-hybridized carbons (Fsp3) is 0.500. The van der Waals surface area contributed by atoms with Crippen LogP contribution in [-0.4, -0.2) is 22.5 Å². The van der Waals surface area contributed by atoms with Gasteiger partial charge in [0.15, 0.2) is 5.72 Å². The Labute approximate surface area is 42.1 Å². The van der Waals surface area contributed by atoms with Crippen LogP contribution in [0.15, 0.2) is 12.7 Å². The van der Waals surface area contributed by atoms with Crippen LogP contribution in [0.1, 0.15) is 0 Å². The van der Waals surface area contributed by atoms with Gasteiger partial charge in [-0.2, -0.15) is 0 Å². The van der Waals surface area contributed by atoms with Crippen LogP contribution in [0.4, 0.5) is 0 Å². The smallest absolute Gasteiger partial charge is 0.155 e. The van der Waals surface area contributed by atoms with Gasteiger partial charge in [0.1, 0.15) is 0 Å². The first-order chi connectivity index (χ1) is 3.12. The van der Waals surface area contributed by atoms with Crippen LogP contribution in [0.3, 0.4) is 0 Å². The molecule has 0 saturated carbocycles. The van der Waals surface area contributed by atoms with Gasteiger partial charge in [-0.25, -0.2) is 0 Å². The molecular weight excluding hydrogens is 94.0 g/mol. The Morgan fingerprint density at radius 3 is 2.29 bits per heavy atom. The molecule has 0 rings (SSSR count). The third-order valence-corrected chi connectivity index (χ3v) is 0.607. The van der Waals surface area contributed by atoms with Gasteiger partial charge in [0.2, 0.25) is 0 Å². The molecule has 0 aliphatic rings. The maximum absolute atomic E-state index is 8.54. The zero-order valence-corrected chi connectivity index (χ0v) is 3.96. The third kappa shape index (κ3) is 2.33. The Balaban J connectivity index is 3.58. The van der Waals surface area contributed by atoms with Gasteiger partial charge in [0.05, 0.1) is 6.61 Å². The van der Waals surface area contributed by atoms with Gasteiger partial charge >= 0.3 is 0 Å². The van der Waals surface area contributed by atoms with Gasteiger partial charge in [0, 0.05) is 0 Å². The van der Waals surface area contributed by atoms with E-state index in [4.69, 9.17) is 15.9 Å². The molecule has 0 saturated heterocycles. The lowest BCUT2D eigenvalue weighted by Gasteiger charge is -2.12. The predicted octanol–water partition coefficient (Wildman–Crippen LogP) is -1.19. The quantitative estimate of drug-likeness (QED) is 0.304. The second kappa shape index (κ2) is 2.07. The molecule has 0 aromatic carbocycles. The Morgan fingerprint density at radius 2 is 2.29 bits per heavy atom. The van der Waals surface area contributed by atoms with E-state index in [1.165, 1.54) is 0 Å². The van der Waals surface area contributed by atoms with Crippen molar-refractivity contribution in [1.82, 2.24) is 0 Å². The van der Waals surface area contributed by atoms with Crippen LogP contribution in [0.2, 0.25) is 0 Å². The van der Waals surface area contributed by atoms with E-state index in [-0.39, 0.29) is 0 Å². The maximum Gasteiger partial charge on any atom is 0.155 e. The summed E-state index contributed by atoms with van der Waals surface area (Å²) in [5.74, 6) is 0. The number of hydrogen-bond acceptors (Lipinski definition) is 3. The summed E-state index contributed by atoms with van der Waals surface area (Å²) in [6.45, 7) is 2.68. The lowest BCUT2D eigenvalue weighted by atomic mass is 10.3. The van der Waals surface area contributed by atoms with Crippen molar-refractivity contribution in [2.24, 2.45) is 5.73 Å². The summed E-state index contributed by atoms with van der Waals surface area (Å²) in [5.41, 5.74) is 3.31. The first-order valence-electron chi connectivity index (χ1n) is 1.88. The highest BCUT2D eigenvalue weighted by Crippen LogP contribution is 1.90. The standard InChI is InChI=1S/C4H9NO2/c1-2-4(5,7)3-6/h2,6-7H,1,3,5H2. The van der Waals surface area contributed by atoms with Crippen LogP contribution in [0, 0.1) is 0 Å². The molecule has 0 heterocycles. The molecule has 0 aromatic heterocycles. The second-order valence-corrected chi connectivity index (χ2v) is 1.35. The molecule has 42 valence electrons. The van der Waals surface area contributed by atoms with E-state index in [2.05, 4.69) is 6.58 Å². The van der Waals surface area contributed by atoms with Gasteiger partial charge in [-0.15, -0.1) is 0 Å². The Bertz CT molecular complexity index is 70.1. The topological polar surface area (TPSA) is 66.5 Å². The molecule has 0 radical (unpaired) electrons. The average molecular weight is 103 g/mol. The van der Waals surface area contributed by atoms with Crippen LogP contribution < -0.4 is 5.73 Å². The van der Waals surface area contributed by atoms with Crippen molar-refractivity contribution >= 4 is 0 Å². The molecular formula is C4H9NO2. The van der Waals surface area contributed by atoms with Gasteiger partial charge in [0.25, 0.3) is 0 Å². The minimum atomic E-state index is -1.60. The Kier molecular flexibility index (Phi) is 1.95. The van der Waals surface area contributed by atoms with Crippen molar-refractivity contribution in [2.45, 2.75) is 5.72 Å². The molecule has 7 heavy (non-hydrogen) atoms. The largest absolute Gasteiger partial charge is 0.392 e.